The van der Waals surface area contributed by atoms with Crippen LogP contribution in [0.25, 0.3) is 16.9 Å². The third kappa shape index (κ3) is 2.85. The molecule has 0 N–H and O–H groups in total. The van der Waals surface area contributed by atoms with Gasteiger partial charge in [0.15, 0.2) is 5.65 Å². The zero-order chi connectivity index (χ0) is 14.9. The molecule has 0 saturated carbocycles. The molecule has 0 aliphatic rings. The Bertz CT molecular complexity index is 835. The number of aromatic nitrogens is 4. The lowest BCUT2D eigenvalue weighted by atomic mass is 10.3. The standard InChI is InChI=1S/C16H16N4Si/c1-21(2,3)10-9-14-15-16(18-11-17-14)20(12-19-15)13-7-5-4-6-8-13/h4-8,11-12H,1-3H3. The van der Waals surface area contributed by atoms with Crippen molar-refractivity contribution in [3.8, 4) is 17.2 Å². The van der Waals surface area contributed by atoms with E-state index < -0.39 is 8.07 Å². The van der Waals surface area contributed by atoms with Crippen LogP contribution < -0.4 is 0 Å². The molecule has 3 aromatic rings. The number of nitrogens with zero attached hydrogens (tertiary/aromatic N) is 4. The van der Waals surface area contributed by atoms with E-state index in [1.807, 2.05) is 34.9 Å². The van der Waals surface area contributed by atoms with Crippen LogP contribution in [0.3, 0.4) is 0 Å². The molecule has 21 heavy (non-hydrogen) atoms. The lowest BCUT2D eigenvalue weighted by Crippen LogP contribution is -2.16. The van der Waals surface area contributed by atoms with Gasteiger partial charge in [0.25, 0.3) is 0 Å². The van der Waals surface area contributed by atoms with E-state index in [1.165, 1.54) is 0 Å². The molecular formula is C16H16N4Si. The van der Waals surface area contributed by atoms with E-state index in [4.69, 9.17) is 0 Å². The maximum atomic E-state index is 4.45. The molecule has 1 aromatic carbocycles. The van der Waals surface area contributed by atoms with Crippen LogP contribution in [0.4, 0.5) is 0 Å². The minimum Gasteiger partial charge on any atom is -0.283 e. The summed E-state index contributed by atoms with van der Waals surface area (Å²) in [6.45, 7) is 6.63. The first-order chi connectivity index (χ1) is 10.0. The maximum absolute atomic E-state index is 4.45. The van der Waals surface area contributed by atoms with Gasteiger partial charge in [0, 0.05) is 5.69 Å². The molecule has 2 heterocycles. The molecule has 0 amide bonds. The highest BCUT2D eigenvalue weighted by atomic mass is 28.3. The van der Waals surface area contributed by atoms with Crippen molar-refractivity contribution in [3.05, 3.63) is 48.7 Å². The van der Waals surface area contributed by atoms with Crippen LogP contribution in [0.1, 0.15) is 5.69 Å². The summed E-state index contributed by atoms with van der Waals surface area (Å²) in [5.74, 6) is 3.18. The van der Waals surface area contributed by atoms with Gasteiger partial charge >= 0.3 is 0 Å². The summed E-state index contributed by atoms with van der Waals surface area (Å²) in [5.41, 5.74) is 6.61. The van der Waals surface area contributed by atoms with Gasteiger partial charge in [0.05, 0.1) is 0 Å². The summed E-state index contributed by atoms with van der Waals surface area (Å²) in [6.07, 6.45) is 3.33. The zero-order valence-corrected chi connectivity index (χ0v) is 13.3. The first kappa shape index (κ1) is 13.5. The van der Waals surface area contributed by atoms with Gasteiger partial charge in [-0.05, 0) is 12.1 Å². The molecule has 5 heteroatoms. The predicted octanol–water partition coefficient (Wildman–Crippen LogP) is 3.04. The SMILES string of the molecule is C[Si](C)(C)C#Cc1ncnc2c1ncn2-c1ccccc1. The zero-order valence-electron chi connectivity index (χ0n) is 12.3. The minimum atomic E-state index is -1.44. The van der Waals surface area contributed by atoms with Crippen molar-refractivity contribution in [3.63, 3.8) is 0 Å². The Balaban J connectivity index is 2.15. The average Bonchev–Trinajstić information content (AvgIpc) is 2.89. The monoisotopic (exact) mass is 292 g/mol. The molecule has 0 unspecified atom stereocenters. The summed E-state index contributed by atoms with van der Waals surface area (Å²) in [4.78, 5) is 13.1. The van der Waals surface area contributed by atoms with Gasteiger partial charge < -0.3 is 0 Å². The largest absolute Gasteiger partial charge is 0.283 e. The predicted molar refractivity (Wildman–Crippen MR) is 86.9 cm³/mol. The molecule has 104 valence electrons. The van der Waals surface area contributed by atoms with Crippen molar-refractivity contribution in [2.24, 2.45) is 0 Å². The van der Waals surface area contributed by atoms with Crippen LogP contribution in [-0.2, 0) is 0 Å². The third-order valence-corrected chi connectivity index (χ3v) is 3.80. The molecule has 0 radical (unpaired) electrons. The summed E-state index contributed by atoms with van der Waals surface area (Å²) in [6, 6.07) is 10.0. The summed E-state index contributed by atoms with van der Waals surface area (Å²) in [7, 11) is -1.44. The molecule has 2 aromatic heterocycles. The lowest BCUT2D eigenvalue weighted by Gasteiger charge is -2.04. The second kappa shape index (κ2) is 5.15. The van der Waals surface area contributed by atoms with Gasteiger partial charge in [0.2, 0.25) is 0 Å². The Hall–Kier alpha value is -2.45. The second-order valence-corrected chi connectivity index (χ2v) is 10.6. The molecule has 0 bridgehead atoms. The number of fused-ring (bicyclic) bond motifs is 1. The lowest BCUT2D eigenvalue weighted by molar-refractivity contribution is 1.06. The van der Waals surface area contributed by atoms with E-state index in [1.54, 1.807) is 12.7 Å². The van der Waals surface area contributed by atoms with Crippen molar-refractivity contribution >= 4 is 19.2 Å². The fourth-order valence-corrected chi connectivity index (χ4v) is 2.44. The van der Waals surface area contributed by atoms with Gasteiger partial charge in [-0.15, -0.1) is 5.54 Å². The van der Waals surface area contributed by atoms with Gasteiger partial charge in [0.1, 0.15) is 31.9 Å². The van der Waals surface area contributed by atoms with Crippen LogP contribution >= 0.6 is 0 Å². The number of rotatable bonds is 1. The minimum absolute atomic E-state index is 0.706. The summed E-state index contributed by atoms with van der Waals surface area (Å²) < 4.78 is 1.96. The van der Waals surface area contributed by atoms with Gasteiger partial charge in [-0.3, -0.25) is 4.57 Å². The number of hydrogen-bond acceptors (Lipinski definition) is 3. The fourth-order valence-electron chi connectivity index (χ4n) is 1.95. The number of imidazole rings is 1. The van der Waals surface area contributed by atoms with Crippen LogP contribution in [0.15, 0.2) is 43.0 Å². The molecule has 0 aliphatic carbocycles. The highest BCUT2D eigenvalue weighted by molar-refractivity contribution is 6.83. The topological polar surface area (TPSA) is 43.6 Å². The molecule has 0 aliphatic heterocycles. The summed E-state index contributed by atoms with van der Waals surface area (Å²) >= 11 is 0. The van der Waals surface area contributed by atoms with Crippen LogP contribution in [-0.4, -0.2) is 27.6 Å². The average molecular weight is 292 g/mol. The van der Waals surface area contributed by atoms with E-state index in [9.17, 15) is 0 Å². The highest BCUT2D eigenvalue weighted by Gasteiger charge is 2.11. The van der Waals surface area contributed by atoms with Crippen LogP contribution in [0.2, 0.25) is 19.6 Å². The van der Waals surface area contributed by atoms with Crippen LogP contribution in [0, 0.1) is 11.5 Å². The number of benzene rings is 1. The third-order valence-electron chi connectivity index (χ3n) is 2.92. The molecule has 3 rings (SSSR count). The van der Waals surface area contributed by atoms with Crippen LogP contribution in [0.5, 0.6) is 0 Å². The van der Waals surface area contributed by atoms with Gasteiger partial charge in [-0.1, -0.05) is 43.8 Å². The molecule has 4 nitrogen and oxygen atoms in total. The molecule has 0 atom stereocenters. The Morgan fingerprint density at radius 3 is 2.48 bits per heavy atom. The Morgan fingerprint density at radius 2 is 1.76 bits per heavy atom. The quantitative estimate of drug-likeness (QED) is 0.511. The first-order valence-electron chi connectivity index (χ1n) is 6.81. The van der Waals surface area contributed by atoms with Crippen molar-refractivity contribution in [1.29, 1.82) is 0 Å². The maximum Gasteiger partial charge on any atom is 0.169 e. The molecule has 0 spiro atoms. The molecule has 0 saturated heterocycles. The van der Waals surface area contributed by atoms with Gasteiger partial charge in [-0.25, -0.2) is 15.0 Å². The van der Waals surface area contributed by atoms with Crippen molar-refractivity contribution in [2.45, 2.75) is 19.6 Å². The van der Waals surface area contributed by atoms with Gasteiger partial charge in [-0.2, -0.15) is 0 Å². The first-order valence-corrected chi connectivity index (χ1v) is 10.3. The van der Waals surface area contributed by atoms with Crippen molar-refractivity contribution < 1.29 is 0 Å². The molecule has 0 fully saturated rings. The highest BCUT2D eigenvalue weighted by Crippen LogP contribution is 2.17. The van der Waals surface area contributed by atoms with E-state index in [0.29, 0.717) is 5.69 Å². The van der Waals surface area contributed by atoms with Crippen molar-refractivity contribution in [2.75, 3.05) is 0 Å². The van der Waals surface area contributed by atoms with Crippen molar-refractivity contribution in [1.82, 2.24) is 19.5 Å². The second-order valence-electron chi connectivity index (χ2n) is 5.84. The number of hydrogen-bond donors (Lipinski definition) is 0. The number of para-hydroxylation sites is 1. The van der Waals surface area contributed by atoms with E-state index >= 15 is 0 Å². The normalized spacial score (nSPS) is 11.2. The molecular weight excluding hydrogens is 276 g/mol. The van der Waals surface area contributed by atoms with E-state index in [2.05, 4.69) is 46.1 Å². The fraction of sp³-hybridized carbons (Fsp3) is 0.188. The summed E-state index contributed by atoms with van der Waals surface area (Å²) in [5, 5.41) is 0. The Kier molecular flexibility index (Phi) is 3.32. The Morgan fingerprint density at radius 1 is 1.00 bits per heavy atom. The van der Waals surface area contributed by atoms with E-state index in [0.717, 1.165) is 16.9 Å². The smallest absolute Gasteiger partial charge is 0.169 e. The van der Waals surface area contributed by atoms with E-state index in [-0.39, 0.29) is 0 Å². The Labute approximate surface area is 124 Å².